The maximum absolute atomic E-state index is 7.33. The average Bonchev–Trinajstić information content (AvgIpc) is 4.20. The van der Waals surface area contributed by atoms with Gasteiger partial charge in [-0.25, -0.2) is 4.98 Å². The molecule has 1 aliphatic rings. The highest BCUT2D eigenvalue weighted by Crippen LogP contribution is 2.46. The minimum Gasteiger partial charge on any atom is -0.457 e. The van der Waals surface area contributed by atoms with Crippen LogP contribution in [0.3, 0.4) is 0 Å². The van der Waals surface area contributed by atoms with E-state index in [0.717, 1.165) is 45.0 Å². The summed E-state index contributed by atoms with van der Waals surface area (Å²) in [5.41, 5.74) is 17.9. The largest absolute Gasteiger partial charge is 0.457 e. The van der Waals surface area contributed by atoms with Crippen molar-refractivity contribution in [1.29, 1.82) is 0 Å². The second-order valence-corrected chi connectivity index (χ2v) is 27.1. The summed E-state index contributed by atoms with van der Waals surface area (Å²) in [6, 6.07) is 60.7. The fourth-order valence-corrected chi connectivity index (χ4v) is 11.7. The highest BCUT2D eigenvalue weighted by molar-refractivity contribution is 6.10. The van der Waals surface area contributed by atoms with E-state index in [2.05, 4.69) is 302 Å². The van der Waals surface area contributed by atoms with Gasteiger partial charge in [-0.2, -0.15) is 0 Å². The fourth-order valence-electron chi connectivity index (χ4n) is 11.7. The molecule has 0 atom stereocenters. The van der Waals surface area contributed by atoms with Crippen molar-refractivity contribution in [3.8, 4) is 28.4 Å². The lowest BCUT2D eigenvalue weighted by atomic mass is 9.78. The molecular formula is C74H84N4O. The van der Waals surface area contributed by atoms with Gasteiger partial charge in [0.25, 0.3) is 0 Å². The third-order valence-electron chi connectivity index (χ3n) is 16.9. The molecule has 7 aromatic carbocycles. The summed E-state index contributed by atoms with van der Waals surface area (Å²) in [7, 11) is 0. The molecule has 3 heterocycles. The number of ether oxygens (including phenoxy) is 1. The van der Waals surface area contributed by atoms with Crippen molar-refractivity contribution in [1.82, 2.24) is 9.55 Å². The smallest absolute Gasteiger partial charge is 0.137 e. The molecule has 2 aromatic heterocycles. The Morgan fingerprint density at radius 1 is 0.443 bits per heavy atom. The minimum atomic E-state index is -0.258. The number of fused-ring (bicyclic) bond motifs is 3. The average molecular weight is 1050 g/mol. The van der Waals surface area contributed by atoms with E-state index >= 15 is 0 Å². The Labute approximate surface area is 473 Å². The lowest BCUT2D eigenvalue weighted by Crippen LogP contribution is -2.31. The van der Waals surface area contributed by atoms with Crippen LogP contribution < -0.4 is 14.5 Å². The highest BCUT2D eigenvalue weighted by Gasteiger charge is 2.34. The van der Waals surface area contributed by atoms with E-state index in [1.165, 1.54) is 66.8 Å². The van der Waals surface area contributed by atoms with E-state index in [-0.39, 0.29) is 27.1 Å². The molecule has 0 fully saturated rings. The maximum atomic E-state index is 7.33. The number of hydrogen-bond donors (Lipinski definition) is 0. The van der Waals surface area contributed by atoms with Crippen molar-refractivity contribution in [2.45, 2.75) is 151 Å². The molecule has 0 amide bonds. The Kier molecular flexibility index (Phi) is 14.2. The summed E-state index contributed by atoms with van der Waals surface area (Å²) in [4.78, 5) is 10.1. The fraction of sp³-hybridized carbons (Fsp3) is 0.338. The molecular weight excluding hydrogens is 961 g/mol. The van der Waals surface area contributed by atoms with E-state index in [1.807, 2.05) is 6.20 Å². The first-order valence-electron chi connectivity index (χ1n) is 28.8. The zero-order chi connectivity index (χ0) is 56.6. The summed E-state index contributed by atoms with van der Waals surface area (Å²) < 4.78 is 9.67. The van der Waals surface area contributed by atoms with E-state index < -0.39 is 0 Å². The molecule has 0 saturated carbocycles. The summed E-state index contributed by atoms with van der Waals surface area (Å²) in [5.74, 6) is 3.05. The third-order valence-corrected chi connectivity index (χ3v) is 16.9. The van der Waals surface area contributed by atoms with Crippen molar-refractivity contribution in [2.75, 3.05) is 16.5 Å². The highest BCUT2D eigenvalue weighted by atomic mass is 16.5. The Balaban J connectivity index is 1.15. The number of hydrogen-bond acceptors (Lipinski definition) is 4. The van der Waals surface area contributed by atoms with Crippen molar-refractivity contribution < 1.29 is 4.74 Å². The standard InChI is InChI=1S/C74H84N4O/c1-48(2)61-29-24-30-62(49(3)4)69(61)50-37-57(76-46-67(72(11,12)13)77(47-76)58-40-55(70(5,6)7)39-56(41-58)71(8,9)10)44-60(38-50)79-59-32-33-63-64-42-53(73(14,15)51-25-20-18-21-26-51)31-34-65(64)78(66(63)45-59)68-43-54(35-36-75-68)74(16,17)52-27-22-19-23-28-52/h18-46,48-49H,47H2,1-17H3. The molecule has 1 aliphatic heterocycles. The van der Waals surface area contributed by atoms with Crippen LogP contribution in [0.5, 0.6) is 11.5 Å². The molecule has 0 spiro atoms. The molecule has 79 heavy (non-hydrogen) atoms. The van der Waals surface area contributed by atoms with Crippen molar-refractivity contribution in [3.05, 3.63) is 226 Å². The zero-order valence-electron chi connectivity index (χ0n) is 50.3. The van der Waals surface area contributed by atoms with Crippen LogP contribution in [-0.2, 0) is 21.7 Å². The molecule has 5 heteroatoms. The number of allylic oxidation sites excluding steroid dienone is 1. The van der Waals surface area contributed by atoms with E-state index in [0.29, 0.717) is 18.5 Å². The second-order valence-electron chi connectivity index (χ2n) is 27.1. The van der Waals surface area contributed by atoms with Crippen LogP contribution in [0, 0.1) is 5.41 Å². The van der Waals surface area contributed by atoms with Gasteiger partial charge in [-0.15, -0.1) is 0 Å². The summed E-state index contributed by atoms with van der Waals surface area (Å²) in [5, 5.41) is 2.32. The van der Waals surface area contributed by atoms with Gasteiger partial charge in [-0.3, -0.25) is 4.57 Å². The lowest BCUT2D eigenvalue weighted by molar-refractivity contribution is 0.483. The Morgan fingerprint density at radius 3 is 1.58 bits per heavy atom. The van der Waals surface area contributed by atoms with Crippen LogP contribution in [0.4, 0.5) is 11.4 Å². The lowest BCUT2D eigenvalue weighted by Gasteiger charge is -2.34. The van der Waals surface area contributed by atoms with Crippen molar-refractivity contribution >= 4 is 33.2 Å². The Bertz CT molecular complexity index is 3680. The van der Waals surface area contributed by atoms with Crippen molar-refractivity contribution in [3.63, 3.8) is 0 Å². The van der Waals surface area contributed by atoms with Crippen LogP contribution >= 0.6 is 0 Å². The van der Waals surface area contributed by atoms with Crippen LogP contribution in [0.2, 0.25) is 0 Å². The number of rotatable bonds is 12. The molecule has 0 N–H and O–H groups in total. The van der Waals surface area contributed by atoms with Crippen LogP contribution in [0.1, 0.15) is 174 Å². The van der Waals surface area contributed by atoms with Crippen LogP contribution in [-0.4, -0.2) is 16.2 Å². The van der Waals surface area contributed by atoms with Crippen LogP contribution in [0.25, 0.3) is 38.8 Å². The number of aromatic nitrogens is 2. The van der Waals surface area contributed by atoms with Gasteiger partial charge in [-0.05, 0) is 139 Å². The SMILES string of the molecule is CC(C)c1cccc(C(C)C)c1-c1cc(Oc2ccc3c4cc(C(C)(C)c5ccccc5)ccc4n(-c4cc(C(C)(C)c5ccccc5)ccn4)c3c2)cc(N2C=C(C(C)(C)C)N(c3cc(C(C)(C)C)cc(C(C)(C)C)c3)C2)c1. The van der Waals surface area contributed by atoms with Gasteiger partial charge < -0.3 is 14.5 Å². The summed E-state index contributed by atoms with van der Waals surface area (Å²) in [6.45, 7) is 40.1. The van der Waals surface area contributed by atoms with Crippen molar-refractivity contribution in [2.24, 2.45) is 5.41 Å². The minimum absolute atomic E-state index is 0.0149. The van der Waals surface area contributed by atoms with Gasteiger partial charge in [0.15, 0.2) is 0 Å². The van der Waals surface area contributed by atoms with Gasteiger partial charge in [0, 0.05) is 68.6 Å². The van der Waals surface area contributed by atoms with Gasteiger partial charge in [0.2, 0.25) is 0 Å². The molecule has 5 nitrogen and oxygen atoms in total. The molecule has 0 aliphatic carbocycles. The normalized spacial score (nSPS) is 13.8. The monoisotopic (exact) mass is 1040 g/mol. The first kappa shape index (κ1) is 55.0. The molecule has 9 aromatic rings. The van der Waals surface area contributed by atoms with E-state index in [9.17, 15) is 0 Å². The van der Waals surface area contributed by atoms with Crippen LogP contribution in [0.15, 0.2) is 182 Å². The van der Waals surface area contributed by atoms with Gasteiger partial charge >= 0.3 is 0 Å². The molecule has 0 saturated heterocycles. The summed E-state index contributed by atoms with van der Waals surface area (Å²) in [6.07, 6.45) is 4.36. The van der Waals surface area contributed by atoms with Gasteiger partial charge in [0.1, 0.15) is 17.3 Å². The molecule has 0 radical (unpaired) electrons. The molecule has 406 valence electrons. The molecule has 0 unspecified atom stereocenters. The van der Waals surface area contributed by atoms with Gasteiger partial charge in [-0.1, -0.05) is 209 Å². The summed E-state index contributed by atoms with van der Waals surface area (Å²) >= 11 is 0. The number of anilines is 2. The maximum Gasteiger partial charge on any atom is 0.137 e. The number of benzene rings is 7. The first-order valence-corrected chi connectivity index (χ1v) is 28.8. The quantitative estimate of drug-likeness (QED) is 0.122. The third kappa shape index (κ3) is 10.7. The zero-order valence-corrected chi connectivity index (χ0v) is 50.3. The number of nitrogens with zero attached hydrogens (tertiary/aromatic N) is 4. The number of pyridine rings is 1. The molecule has 10 rings (SSSR count). The second kappa shape index (κ2) is 20.4. The van der Waals surface area contributed by atoms with Gasteiger partial charge in [0.05, 0.1) is 17.7 Å². The Hall–Kier alpha value is -7.37. The molecule has 0 bridgehead atoms. The Morgan fingerprint density at radius 2 is 1.03 bits per heavy atom. The first-order chi connectivity index (χ1) is 37.2. The topological polar surface area (TPSA) is 33.5 Å². The van der Waals surface area contributed by atoms with E-state index in [1.54, 1.807) is 0 Å². The predicted octanol–water partition coefficient (Wildman–Crippen LogP) is 20.3. The van der Waals surface area contributed by atoms with E-state index in [4.69, 9.17) is 9.72 Å². The predicted molar refractivity (Wildman–Crippen MR) is 337 cm³/mol.